The largest absolute Gasteiger partial charge is 0.304 e. The minimum atomic E-state index is -1.91. The molecule has 164 valence electrons. The van der Waals surface area contributed by atoms with E-state index in [1.165, 1.54) is 40.9 Å². The molecule has 0 N–H and O–H groups in total. The molecule has 0 aliphatic heterocycles. The highest BCUT2D eigenvalue weighted by Gasteiger charge is 2.47. The Hall–Kier alpha value is -2.73. The Kier molecular flexibility index (Phi) is 9.23. The minimum Gasteiger partial charge on any atom is -0.304 e. The van der Waals surface area contributed by atoms with E-state index in [-0.39, 0.29) is 0 Å². The summed E-state index contributed by atoms with van der Waals surface area (Å²) >= 11 is 0. The first-order valence-corrected chi connectivity index (χ1v) is 13.4. The first-order chi connectivity index (χ1) is 15.8. The summed E-state index contributed by atoms with van der Waals surface area (Å²) in [5.41, 5.74) is 0. The molecule has 0 unspecified atom stereocenters. The topological polar surface area (TPSA) is 3.24 Å². The highest BCUT2D eigenvalue weighted by Crippen LogP contribution is 2.53. The van der Waals surface area contributed by atoms with Gasteiger partial charge in [-0.15, -0.1) is 0 Å². The molecule has 4 rings (SSSR count). The Morgan fingerprint density at radius 2 is 0.625 bits per heavy atom. The molecule has 2 heteroatoms. The maximum atomic E-state index is 2.38. The van der Waals surface area contributed by atoms with Crippen LogP contribution in [0.15, 0.2) is 121 Å². The quantitative estimate of drug-likeness (QED) is 0.336. The van der Waals surface area contributed by atoms with Gasteiger partial charge in [0.05, 0.1) is 0 Å². The van der Waals surface area contributed by atoms with Crippen molar-refractivity contribution in [2.45, 2.75) is 20.8 Å². The van der Waals surface area contributed by atoms with E-state index in [2.05, 4.69) is 147 Å². The average molecular weight is 441 g/mol. The van der Waals surface area contributed by atoms with Gasteiger partial charge in [-0.05, 0) is 68.2 Å². The Labute approximate surface area is 195 Å². The van der Waals surface area contributed by atoms with Crippen molar-refractivity contribution >= 4 is 28.5 Å². The molecule has 0 fully saturated rings. The summed E-state index contributed by atoms with van der Waals surface area (Å²) in [6.07, 6.45) is 0. The molecular formula is C30H35NP+. The summed E-state index contributed by atoms with van der Waals surface area (Å²) in [4.78, 5) is 2.38. The Morgan fingerprint density at radius 3 is 0.781 bits per heavy atom. The Morgan fingerprint density at radius 1 is 0.406 bits per heavy atom. The third-order valence-electron chi connectivity index (χ3n) is 5.92. The molecule has 0 radical (unpaired) electrons. The number of hydrogen-bond acceptors (Lipinski definition) is 1. The minimum absolute atomic E-state index is 1.19. The van der Waals surface area contributed by atoms with Crippen molar-refractivity contribution in [3.63, 3.8) is 0 Å². The zero-order valence-corrected chi connectivity index (χ0v) is 20.5. The fourth-order valence-electron chi connectivity index (χ4n) is 4.17. The number of nitrogens with zero attached hydrogens (tertiary/aromatic N) is 1. The predicted molar refractivity (Wildman–Crippen MR) is 145 cm³/mol. The van der Waals surface area contributed by atoms with Gasteiger partial charge in [-0.2, -0.15) is 0 Å². The van der Waals surface area contributed by atoms with Gasteiger partial charge >= 0.3 is 0 Å². The van der Waals surface area contributed by atoms with Crippen molar-refractivity contribution in [1.82, 2.24) is 4.90 Å². The lowest BCUT2D eigenvalue weighted by molar-refractivity contribution is 0.321. The molecule has 0 saturated heterocycles. The second-order valence-electron chi connectivity index (χ2n) is 7.63. The maximum absolute atomic E-state index is 2.38. The standard InChI is InChI=1S/C24H20P.C6H15N/c1-5-13-21(14-6-1)25(22-15-7-2-8-16-22,23-17-9-3-10-18-23)24-19-11-4-12-20-24;1-4-7(5-2)6-3/h1-20H;4-6H2,1-3H3/q+1;. The van der Waals surface area contributed by atoms with Crippen LogP contribution in [0.2, 0.25) is 0 Å². The summed E-state index contributed by atoms with van der Waals surface area (Å²) in [6, 6.07) is 43.8. The zero-order valence-electron chi connectivity index (χ0n) is 19.6. The van der Waals surface area contributed by atoms with E-state index < -0.39 is 7.26 Å². The van der Waals surface area contributed by atoms with E-state index in [4.69, 9.17) is 0 Å². The van der Waals surface area contributed by atoms with Gasteiger partial charge in [-0.25, -0.2) is 0 Å². The lowest BCUT2D eigenvalue weighted by Gasteiger charge is -2.27. The third-order valence-corrected chi connectivity index (χ3v) is 10.2. The van der Waals surface area contributed by atoms with Gasteiger partial charge in [-0.3, -0.25) is 0 Å². The van der Waals surface area contributed by atoms with Crippen LogP contribution in [0.25, 0.3) is 0 Å². The molecule has 0 bridgehead atoms. The van der Waals surface area contributed by atoms with Gasteiger partial charge in [-0.1, -0.05) is 93.6 Å². The molecule has 4 aromatic carbocycles. The second kappa shape index (κ2) is 12.3. The molecule has 0 aromatic heterocycles. The van der Waals surface area contributed by atoms with Crippen LogP contribution in [0.3, 0.4) is 0 Å². The Bertz CT molecular complexity index is 844. The second-order valence-corrected chi connectivity index (χ2v) is 11.0. The molecular weight excluding hydrogens is 405 g/mol. The van der Waals surface area contributed by atoms with Crippen LogP contribution >= 0.6 is 7.26 Å². The van der Waals surface area contributed by atoms with Crippen molar-refractivity contribution < 1.29 is 0 Å². The van der Waals surface area contributed by atoms with Crippen molar-refractivity contribution in [2.24, 2.45) is 0 Å². The monoisotopic (exact) mass is 440 g/mol. The SMILES string of the molecule is CCN(CC)CC.c1ccc([P+](c2ccccc2)(c2ccccc2)c2ccccc2)cc1. The maximum Gasteiger partial charge on any atom is 0.144 e. The summed E-state index contributed by atoms with van der Waals surface area (Å²) in [5, 5.41) is 5.55. The average Bonchev–Trinajstić information content (AvgIpc) is 2.89. The summed E-state index contributed by atoms with van der Waals surface area (Å²) in [6.45, 7) is 10.1. The van der Waals surface area contributed by atoms with Gasteiger partial charge in [0, 0.05) is 0 Å². The van der Waals surface area contributed by atoms with E-state index in [0.29, 0.717) is 0 Å². The molecule has 32 heavy (non-hydrogen) atoms. The number of rotatable bonds is 7. The molecule has 0 heterocycles. The number of hydrogen-bond donors (Lipinski definition) is 0. The highest BCUT2D eigenvalue weighted by molar-refractivity contribution is 8.01. The molecule has 0 amide bonds. The lowest BCUT2D eigenvalue weighted by atomic mass is 10.3. The van der Waals surface area contributed by atoms with E-state index >= 15 is 0 Å². The van der Waals surface area contributed by atoms with Crippen molar-refractivity contribution in [1.29, 1.82) is 0 Å². The molecule has 0 spiro atoms. The molecule has 0 aliphatic rings. The molecule has 4 aromatic rings. The molecule has 0 atom stereocenters. The van der Waals surface area contributed by atoms with Crippen molar-refractivity contribution in [2.75, 3.05) is 19.6 Å². The number of benzene rings is 4. The lowest BCUT2D eigenvalue weighted by Crippen LogP contribution is -2.38. The van der Waals surface area contributed by atoms with Crippen LogP contribution in [-0.4, -0.2) is 24.5 Å². The summed E-state index contributed by atoms with van der Waals surface area (Å²) in [5.74, 6) is 0. The fraction of sp³-hybridized carbons (Fsp3) is 0.200. The highest BCUT2D eigenvalue weighted by atomic mass is 31.2. The van der Waals surface area contributed by atoms with Gasteiger partial charge < -0.3 is 4.90 Å². The first kappa shape index (κ1) is 23.9. The van der Waals surface area contributed by atoms with Crippen molar-refractivity contribution in [3.8, 4) is 0 Å². The summed E-state index contributed by atoms with van der Waals surface area (Å²) in [7, 11) is -1.91. The summed E-state index contributed by atoms with van der Waals surface area (Å²) < 4.78 is 0. The van der Waals surface area contributed by atoms with E-state index in [1.54, 1.807) is 0 Å². The smallest absolute Gasteiger partial charge is 0.144 e. The van der Waals surface area contributed by atoms with Crippen LogP contribution in [0.5, 0.6) is 0 Å². The fourth-order valence-corrected chi connectivity index (χ4v) is 8.44. The van der Waals surface area contributed by atoms with Gasteiger partial charge in [0.25, 0.3) is 0 Å². The molecule has 1 nitrogen and oxygen atoms in total. The van der Waals surface area contributed by atoms with Gasteiger partial charge in [0.1, 0.15) is 28.5 Å². The van der Waals surface area contributed by atoms with Crippen LogP contribution in [-0.2, 0) is 0 Å². The van der Waals surface area contributed by atoms with Crippen molar-refractivity contribution in [3.05, 3.63) is 121 Å². The molecule has 0 aliphatic carbocycles. The zero-order chi connectivity index (χ0) is 22.7. The van der Waals surface area contributed by atoms with E-state index in [9.17, 15) is 0 Å². The van der Waals surface area contributed by atoms with Crippen LogP contribution in [0, 0.1) is 0 Å². The van der Waals surface area contributed by atoms with Crippen LogP contribution < -0.4 is 21.2 Å². The predicted octanol–water partition coefficient (Wildman–Crippen LogP) is 5.65. The Balaban J connectivity index is 0.000000360. The van der Waals surface area contributed by atoms with Gasteiger partial charge in [0.2, 0.25) is 0 Å². The first-order valence-electron chi connectivity index (χ1n) is 11.6. The third kappa shape index (κ3) is 5.36. The van der Waals surface area contributed by atoms with Gasteiger partial charge in [0.15, 0.2) is 0 Å². The van der Waals surface area contributed by atoms with E-state index in [1.807, 2.05) is 0 Å². The normalized spacial score (nSPS) is 11.0. The van der Waals surface area contributed by atoms with E-state index in [0.717, 1.165) is 0 Å². The molecule has 0 saturated carbocycles. The van der Waals surface area contributed by atoms with Crippen LogP contribution in [0.4, 0.5) is 0 Å². The van der Waals surface area contributed by atoms with Crippen LogP contribution in [0.1, 0.15) is 20.8 Å².